The maximum atomic E-state index is 12.6. The van der Waals surface area contributed by atoms with Crippen LogP contribution in [0.1, 0.15) is 35.3 Å². The summed E-state index contributed by atoms with van der Waals surface area (Å²) in [7, 11) is -3.23. The third kappa shape index (κ3) is 6.96. The van der Waals surface area contributed by atoms with Crippen LogP contribution in [-0.4, -0.2) is 31.1 Å². The standard InChI is InChI=1S/C21H26ClN2O5P/c1-3-28-30(27,29-4-2)14-15-9-11-16(12-10-15)21(26)24-19(20(23)25)13-17-7-5-6-8-18(17)22/h5-12,19H,3-4,13-14H2,1-2H3,(H2,23,25)(H,24,26)/t19-/m0/s1. The van der Waals surface area contributed by atoms with E-state index in [9.17, 15) is 14.2 Å². The fraction of sp³-hybridized carbons (Fsp3) is 0.333. The van der Waals surface area contributed by atoms with Crippen molar-refractivity contribution in [3.8, 4) is 0 Å². The van der Waals surface area contributed by atoms with Gasteiger partial charge in [0.2, 0.25) is 5.91 Å². The molecule has 3 N–H and O–H groups in total. The second kappa shape index (κ2) is 11.3. The molecule has 30 heavy (non-hydrogen) atoms. The maximum absolute atomic E-state index is 12.6. The van der Waals surface area contributed by atoms with Crippen LogP contribution >= 0.6 is 19.2 Å². The number of carbonyl (C=O) groups excluding carboxylic acids is 2. The molecule has 0 spiro atoms. The molecule has 0 fully saturated rings. The van der Waals surface area contributed by atoms with Gasteiger partial charge in [0, 0.05) is 17.0 Å². The van der Waals surface area contributed by atoms with Crippen LogP contribution < -0.4 is 11.1 Å². The summed E-state index contributed by atoms with van der Waals surface area (Å²) in [6.45, 7) is 4.04. The zero-order valence-corrected chi connectivity index (χ0v) is 18.6. The van der Waals surface area contributed by atoms with Gasteiger partial charge in [-0.25, -0.2) is 0 Å². The molecule has 2 amide bonds. The molecule has 2 aromatic rings. The number of halogens is 1. The Morgan fingerprint density at radius 1 is 1.07 bits per heavy atom. The molecule has 9 heteroatoms. The van der Waals surface area contributed by atoms with E-state index in [1.54, 1.807) is 62.4 Å². The number of primary amides is 1. The number of hydrogen-bond acceptors (Lipinski definition) is 5. The van der Waals surface area contributed by atoms with Crippen LogP contribution in [0.2, 0.25) is 5.02 Å². The lowest BCUT2D eigenvalue weighted by molar-refractivity contribution is -0.119. The molecule has 0 saturated heterocycles. The van der Waals surface area contributed by atoms with Gasteiger partial charge in [-0.05, 0) is 43.2 Å². The Kier molecular flexibility index (Phi) is 9.06. The molecule has 2 aromatic carbocycles. The highest BCUT2D eigenvalue weighted by Gasteiger charge is 2.24. The van der Waals surface area contributed by atoms with Gasteiger partial charge in [-0.15, -0.1) is 0 Å². The first-order valence-corrected chi connectivity index (χ1v) is 11.7. The molecule has 0 aromatic heterocycles. The molecule has 0 aliphatic heterocycles. The van der Waals surface area contributed by atoms with E-state index in [0.717, 1.165) is 0 Å². The van der Waals surface area contributed by atoms with Gasteiger partial charge < -0.3 is 20.1 Å². The number of benzene rings is 2. The van der Waals surface area contributed by atoms with Crippen LogP contribution in [0.5, 0.6) is 0 Å². The fourth-order valence-electron chi connectivity index (χ4n) is 2.86. The van der Waals surface area contributed by atoms with E-state index in [1.165, 1.54) is 0 Å². The monoisotopic (exact) mass is 452 g/mol. The Hall–Kier alpha value is -2.18. The Morgan fingerprint density at radius 2 is 1.67 bits per heavy atom. The van der Waals surface area contributed by atoms with Crippen molar-refractivity contribution >= 4 is 31.0 Å². The van der Waals surface area contributed by atoms with Gasteiger partial charge in [-0.2, -0.15) is 0 Å². The Morgan fingerprint density at radius 3 is 2.20 bits per heavy atom. The predicted molar refractivity (Wildman–Crippen MR) is 117 cm³/mol. The highest BCUT2D eigenvalue weighted by Crippen LogP contribution is 2.51. The summed E-state index contributed by atoms with van der Waals surface area (Å²) in [5, 5.41) is 3.14. The van der Waals surface area contributed by atoms with Crippen molar-refractivity contribution in [3.63, 3.8) is 0 Å². The molecule has 0 bridgehead atoms. The minimum absolute atomic E-state index is 0.104. The fourth-order valence-corrected chi connectivity index (χ4v) is 4.77. The van der Waals surface area contributed by atoms with Crippen molar-refractivity contribution in [2.24, 2.45) is 5.73 Å². The molecule has 0 aliphatic carbocycles. The van der Waals surface area contributed by atoms with Gasteiger partial charge in [-0.1, -0.05) is 41.9 Å². The lowest BCUT2D eigenvalue weighted by Crippen LogP contribution is -2.45. The molecule has 162 valence electrons. The number of hydrogen-bond donors (Lipinski definition) is 2. The first kappa shape index (κ1) is 24.1. The highest BCUT2D eigenvalue weighted by molar-refractivity contribution is 7.53. The zero-order chi connectivity index (χ0) is 22.1. The maximum Gasteiger partial charge on any atom is 0.335 e. The summed E-state index contributed by atoms with van der Waals surface area (Å²) in [4.78, 5) is 24.4. The first-order chi connectivity index (χ1) is 14.3. The molecular weight excluding hydrogens is 427 g/mol. The van der Waals surface area contributed by atoms with E-state index in [4.69, 9.17) is 26.4 Å². The predicted octanol–water partition coefficient (Wildman–Crippen LogP) is 3.93. The number of rotatable bonds is 11. The van der Waals surface area contributed by atoms with Crippen LogP contribution in [-0.2, 0) is 31.0 Å². The van der Waals surface area contributed by atoms with E-state index in [1.807, 2.05) is 0 Å². The minimum Gasteiger partial charge on any atom is -0.368 e. The van der Waals surface area contributed by atoms with Gasteiger partial charge in [-0.3, -0.25) is 14.2 Å². The summed E-state index contributed by atoms with van der Waals surface area (Å²) >= 11 is 6.13. The SMILES string of the molecule is CCOP(=O)(Cc1ccc(C(=O)N[C@@H](Cc2ccccc2Cl)C(N)=O)cc1)OCC. The molecule has 0 saturated carbocycles. The Labute approximate surface area is 181 Å². The molecule has 2 rings (SSSR count). The van der Waals surface area contributed by atoms with E-state index >= 15 is 0 Å². The van der Waals surface area contributed by atoms with Crippen LogP contribution in [0.15, 0.2) is 48.5 Å². The Bertz CT molecular complexity index is 910. The zero-order valence-electron chi connectivity index (χ0n) is 17.0. The van der Waals surface area contributed by atoms with E-state index in [-0.39, 0.29) is 25.8 Å². The number of nitrogens with two attached hydrogens (primary N) is 1. The van der Waals surface area contributed by atoms with E-state index < -0.39 is 25.5 Å². The average Bonchev–Trinajstić information content (AvgIpc) is 2.69. The molecule has 7 nitrogen and oxygen atoms in total. The quantitative estimate of drug-likeness (QED) is 0.502. The number of nitrogens with one attached hydrogen (secondary N) is 1. The van der Waals surface area contributed by atoms with Crippen molar-refractivity contribution in [3.05, 3.63) is 70.2 Å². The third-order valence-corrected chi connectivity index (χ3v) is 6.70. The van der Waals surface area contributed by atoms with Gasteiger partial charge >= 0.3 is 7.60 Å². The first-order valence-electron chi connectivity index (χ1n) is 9.58. The molecule has 0 aliphatic rings. The van der Waals surface area contributed by atoms with Crippen LogP contribution in [0, 0.1) is 0 Å². The third-order valence-electron chi connectivity index (χ3n) is 4.27. The lowest BCUT2D eigenvalue weighted by Gasteiger charge is -2.18. The van der Waals surface area contributed by atoms with Crippen LogP contribution in [0.3, 0.4) is 0 Å². The van der Waals surface area contributed by atoms with Gasteiger partial charge in [0.15, 0.2) is 0 Å². The second-order valence-electron chi connectivity index (χ2n) is 6.53. The van der Waals surface area contributed by atoms with Crippen molar-refractivity contribution in [2.45, 2.75) is 32.5 Å². The second-order valence-corrected chi connectivity index (χ2v) is 8.99. The van der Waals surface area contributed by atoms with Crippen LogP contribution in [0.4, 0.5) is 0 Å². The summed E-state index contributed by atoms with van der Waals surface area (Å²) in [5.41, 5.74) is 7.21. The summed E-state index contributed by atoms with van der Waals surface area (Å²) < 4.78 is 23.2. The normalized spacial score (nSPS) is 12.4. The van der Waals surface area contributed by atoms with Crippen molar-refractivity contribution < 1.29 is 23.2 Å². The number of carbonyl (C=O) groups is 2. The van der Waals surface area contributed by atoms with Crippen molar-refractivity contribution in [1.29, 1.82) is 0 Å². The van der Waals surface area contributed by atoms with Crippen LogP contribution in [0.25, 0.3) is 0 Å². The van der Waals surface area contributed by atoms with Crippen molar-refractivity contribution in [1.82, 2.24) is 5.32 Å². The van der Waals surface area contributed by atoms with E-state index in [2.05, 4.69) is 5.32 Å². The van der Waals surface area contributed by atoms with Crippen molar-refractivity contribution in [2.75, 3.05) is 13.2 Å². The topological polar surface area (TPSA) is 108 Å². The molecule has 0 radical (unpaired) electrons. The number of amides is 2. The Balaban J connectivity index is 2.07. The molecule has 1 atom stereocenters. The highest BCUT2D eigenvalue weighted by atomic mass is 35.5. The lowest BCUT2D eigenvalue weighted by atomic mass is 10.0. The summed E-state index contributed by atoms with van der Waals surface area (Å²) in [5.74, 6) is -1.11. The van der Waals surface area contributed by atoms with E-state index in [0.29, 0.717) is 21.7 Å². The summed E-state index contributed by atoms with van der Waals surface area (Å²) in [6.07, 6.45) is 0.289. The van der Waals surface area contributed by atoms with Gasteiger partial charge in [0.05, 0.1) is 19.4 Å². The van der Waals surface area contributed by atoms with Gasteiger partial charge in [0.25, 0.3) is 5.91 Å². The smallest absolute Gasteiger partial charge is 0.335 e. The molecular formula is C21H26ClN2O5P. The van der Waals surface area contributed by atoms with Gasteiger partial charge in [0.1, 0.15) is 6.04 Å². The minimum atomic E-state index is -3.23. The largest absolute Gasteiger partial charge is 0.368 e. The average molecular weight is 453 g/mol. The summed E-state index contributed by atoms with van der Waals surface area (Å²) in [6, 6.07) is 12.7. The molecule has 0 heterocycles. The molecule has 0 unspecified atom stereocenters.